The van der Waals surface area contributed by atoms with Crippen molar-refractivity contribution in [3.63, 3.8) is 0 Å². The van der Waals surface area contributed by atoms with E-state index in [0.29, 0.717) is 42.0 Å². The van der Waals surface area contributed by atoms with Gasteiger partial charge < -0.3 is 25.4 Å². The highest BCUT2D eigenvalue weighted by molar-refractivity contribution is 6.33. The molecule has 2 amide bonds. The second kappa shape index (κ2) is 12.3. The Morgan fingerprint density at radius 2 is 2.00 bits per heavy atom. The normalized spacial score (nSPS) is 15.6. The molecule has 1 atom stereocenters. The zero-order valence-electron chi connectivity index (χ0n) is 22.5. The molecule has 4 aromatic rings. The molecule has 3 N–H and O–H groups in total. The number of benzene rings is 2. The average Bonchev–Trinajstić information content (AvgIpc) is 3.38. The van der Waals surface area contributed by atoms with E-state index in [1.807, 2.05) is 79.8 Å². The molecule has 1 aliphatic heterocycles. The lowest BCUT2D eigenvalue weighted by Gasteiger charge is -2.31. The van der Waals surface area contributed by atoms with Gasteiger partial charge in [-0.1, -0.05) is 41.9 Å². The maximum Gasteiger partial charge on any atom is 0.246 e. The lowest BCUT2D eigenvalue weighted by Crippen LogP contribution is -2.43. The summed E-state index contributed by atoms with van der Waals surface area (Å²) in [6.07, 6.45) is 8.44. The maximum atomic E-state index is 13.1. The molecule has 0 spiro atoms. The van der Waals surface area contributed by atoms with Crippen molar-refractivity contribution in [2.24, 2.45) is 5.92 Å². The van der Waals surface area contributed by atoms with Crippen LogP contribution in [0.1, 0.15) is 12.8 Å². The van der Waals surface area contributed by atoms with Crippen LogP contribution in [-0.2, 0) is 9.59 Å². The monoisotopic (exact) mass is 557 g/mol. The van der Waals surface area contributed by atoms with Crippen molar-refractivity contribution in [2.45, 2.75) is 12.8 Å². The number of nitrogens with one attached hydrogen (secondary N) is 3. The number of aromatic amines is 1. The number of likely N-dealkylation sites (tertiary alicyclic amines) is 1. The molecule has 1 fully saturated rings. The molecule has 10 heteroatoms. The summed E-state index contributed by atoms with van der Waals surface area (Å²) in [4.78, 5) is 41.7. The minimum absolute atomic E-state index is 0.0551. The number of anilines is 3. The first kappa shape index (κ1) is 27.4. The molecular weight excluding hydrogens is 526 g/mol. The van der Waals surface area contributed by atoms with E-state index in [0.717, 1.165) is 35.0 Å². The number of rotatable bonds is 8. The molecule has 3 heterocycles. The summed E-state index contributed by atoms with van der Waals surface area (Å²) in [6.45, 7) is 1.76. The van der Waals surface area contributed by atoms with E-state index >= 15 is 0 Å². The largest absolute Gasteiger partial charge is 0.360 e. The van der Waals surface area contributed by atoms with Crippen LogP contribution in [0.25, 0.3) is 22.2 Å². The van der Waals surface area contributed by atoms with Gasteiger partial charge in [0.1, 0.15) is 0 Å². The van der Waals surface area contributed by atoms with Gasteiger partial charge in [-0.2, -0.15) is 0 Å². The van der Waals surface area contributed by atoms with E-state index in [9.17, 15) is 9.59 Å². The first-order valence-electron chi connectivity index (χ1n) is 13.2. The molecule has 206 valence electrons. The number of halogens is 1. The van der Waals surface area contributed by atoms with Crippen molar-refractivity contribution in [1.29, 1.82) is 0 Å². The van der Waals surface area contributed by atoms with Gasteiger partial charge in [0.15, 0.2) is 0 Å². The summed E-state index contributed by atoms with van der Waals surface area (Å²) in [5, 5.41) is 7.70. The van der Waals surface area contributed by atoms with E-state index in [2.05, 4.69) is 25.6 Å². The molecule has 2 aromatic carbocycles. The average molecular weight is 558 g/mol. The Balaban J connectivity index is 1.25. The molecule has 0 aliphatic carbocycles. The summed E-state index contributed by atoms with van der Waals surface area (Å²) < 4.78 is 0. The highest BCUT2D eigenvalue weighted by Gasteiger charge is 2.27. The van der Waals surface area contributed by atoms with E-state index in [-0.39, 0.29) is 17.7 Å². The van der Waals surface area contributed by atoms with Crippen LogP contribution < -0.4 is 10.6 Å². The van der Waals surface area contributed by atoms with Gasteiger partial charge in [-0.3, -0.25) is 9.59 Å². The fourth-order valence-corrected chi connectivity index (χ4v) is 4.99. The lowest BCUT2D eigenvalue weighted by atomic mass is 9.97. The molecule has 0 radical (unpaired) electrons. The van der Waals surface area contributed by atoms with Gasteiger partial charge in [-0.25, -0.2) is 9.97 Å². The maximum absolute atomic E-state index is 13.1. The van der Waals surface area contributed by atoms with Crippen LogP contribution in [0.2, 0.25) is 5.02 Å². The number of amides is 2. The lowest BCUT2D eigenvalue weighted by molar-refractivity contribution is -0.130. The first-order valence-corrected chi connectivity index (χ1v) is 13.6. The van der Waals surface area contributed by atoms with Gasteiger partial charge in [0.25, 0.3) is 0 Å². The smallest absolute Gasteiger partial charge is 0.246 e. The highest BCUT2D eigenvalue weighted by atomic mass is 35.5. The number of carbonyl (C=O) groups excluding carboxylic acids is 2. The number of H-pyrrole nitrogens is 1. The molecule has 0 bridgehead atoms. The number of piperidine rings is 1. The fraction of sp³-hybridized carbons (Fsp3) is 0.267. The minimum atomic E-state index is -0.269. The number of carbonyl (C=O) groups is 2. The van der Waals surface area contributed by atoms with Crippen LogP contribution in [-0.4, -0.2) is 70.3 Å². The standard InChI is InChI=1S/C30H32ClN7O2/c1-37(2)14-7-13-27(39)38-15-6-8-20(19-38)29(40)34-21-9-5-10-22(16-21)35-30-33-18-25(31)28(36-30)24-17-32-26-12-4-3-11-23(24)26/h3-5,7,9-13,16-18,20,32H,6,8,14-15,19H2,1-2H3,(H,34,40)(H,33,35,36)/b13-7+. The van der Waals surface area contributed by atoms with Gasteiger partial charge in [0.2, 0.25) is 17.8 Å². The Kier molecular flexibility index (Phi) is 8.42. The Hall–Kier alpha value is -4.21. The van der Waals surface area contributed by atoms with E-state index in [1.54, 1.807) is 17.2 Å². The van der Waals surface area contributed by atoms with Gasteiger partial charge in [-0.05, 0) is 51.2 Å². The number of para-hydroxylation sites is 1. The summed E-state index contributed by atoms with van der Waals surface area (Å²) in [6, 6.07) is 15.3. The Morgan fingerprint density at radius 1 is 1.18 bits per heavy atom. The molecule has 9 nitrogen and oxygen atoms in total. The molecule has 1 saturated heterocycles. The topological polar surface area (TPSA) is 106 Å². The fourth-order valence-electron chi connectivity index (χ4n) is 4.79. The number of fused-ring (bicyclic) bond motifs is 1. The molecular formula is C30H32ClN7O2. The Bertz CT molecular complexity index is 1550. The zero-order valence-corrected chi connectivity index (χ0v) is 23.3. The van der Waals surface area contributed by atoms with Crippen LogP contribution >= 0.6 is 11.6 Å². The number of aromatic nitrogens is 3. The number of hydrogen-bond acceptors (Lipinski definition) is 6. The van der Waals surface area contributed by atoms with Crippen molar-refractivity contribution in [2.75, 3.05) is 44.4 Å². The van der Waals surface area contributed by atoms with Crippen LogP contribution in [0.5, 0.6) is 0 Å². The van der Waals surface area contributed by atoms with Crippen molar-refractivity contribution in [3.8, 4) is 11.3 Å². The number of likely N-dealkylation sites (N-methyl/N-ethyl adjacent to an activating group) is 1. The van der Waals surface area contributed by atoms with Gasteiger partial charge >= 0.3 is 0 Å². The summed E-state index contributed by atoms with van der Waals surface area (Å²) >= 11 is 6.47. The SMILES string of the molecule is CN(C)C/C=C/C(=O)N1CCCC(C(=O)Nc2cccc(Nc3ncc(Cl)c(-c4c[nH]c5ccccc45)n3)c2)C1. The number of nitrogens with zero attached hydrogens (tertiary/aromatic N) is 4. The van der Waals surface area contributed by atoms with Crippen molar-refractivity contribution in [1.82, 2.24) is 24.8 Å². The van der Waals surface area contributed by atoms with Gasteiger partial charge in [-0.15, -0.1) is 0 Å². The molecule has 2 aromatic heterocycles. The van der Waals surface area contributed by atoms with Crippen molar-refractivity contribution < 1.29 is 9.59 Å². The predicted octanol–water partition coefficient (Wildman–Crippen LogP) is 5.32. The minimum Gasteiger partial charge on any atom is -0.360 e. The summed E-state index contributed by atoms with van der Waals surface area (Å²) in [7, 11) is 3.90. The zero-order chi connectivity index (χ0) is 28.1. The Morgan fingerprint density at radius 3 is 2.85 bits per heavy atom. The predicted molar refractivity (Wildman–Crippen MR) is 160 cm³/mol. The van der Waals surface area contributed by atoms with Crippen LogP contribution in [0.4, 0.5) is 17.3 Å². The third kappa shape index (κ3) is 6.50. The molecule has 1 aliphatic rings. The first-order chi connectivity index (χ1) is 19.4. The third-order valence-corrected chi connectivity index (χ3v) is 7.09. The number of hydrogen-bond donors (Lipinski definition) is 3. The van der Waals surface area contributed by atoms with E-state index in [4.69, 9.17) is 11.6 Å². The van der Waals surface area contributed by atoms with Crippen molar-refractivity contribution in [3.05, 3.63) is 78.1 Å². The Labute approximate surface area is 238 Å². The van der Waals surface area contributed by atoms with E-state index < -0.39 is 0 Å². The molecule has 1 unspecified atom stereocenters. The summed E-state index contributed by atoms with van der Waals surface area (Å²) in [5.41, 5.74) is 3.87. The van der Waals surface area contributed by atoms with Gasteiger partial charge in [0.05, 0.1) is 22.8 Å². The van der Waals surface area contributed by atoms with Crippen LogP contribution in [0, 0.1) is 5.92 Å². The second-order valence-electron chi connectivity index (χ2n) is 10.1. The molecule has 40 heavy (non-hydrogen) atoms. The quantitative estimate of drug-likeness (QED) is 0.253. The highest BCUT2D eigenvalue weighted by Crippen LogP contribution is 2.33. The van der Waals surface area contributed by atoms with Gasteiger partial charge in [0, 0.05) is 59.7 Å². The molecule has 0 saturated carbocycles. The molecule has 5 rings (SSSR count). The van der Waals surface area contributed by atoms with Crippen LogP contribution in [0.15, 0.2) is 73.1 Å². The third-order valence-electron chi connectivity index (χ3n) is 6.81. The van der Waals surface area contributed by atoms with Crippen molar-refractivity contribution >= 4 is 51.6 Å². The van der Waals surface area contributed by atoms with Crippen LogP contribution in [0.3, 0.4) is 0 Å². The summed E-state index contributed by atoms with van der Waals surface area (Å²) in [5.74, 6) is -0.0383. The second-order valence-corrected chi connectivity index (χ2v) is 10.5. The van der Waals surface area contributed by atoms with E-state index in [1.165, 1.54) is 0 Å².